The highest BCUT2D eigenvalue weighted by Crippen LogP contribution is 1.95. The number of halogens is 1. The van der Waals surface area contributed by atoms with Crippen LogP contribution < -0.4 is 0 Å². The molecule has 0 saturated heterocycles. The Labute approximate surface area is 61.0 Å². The van der Waals surface area contributed by atoms with Crippen LogP contribution in [0.15, 0.2) is 0 Å². The molecule has 8 heavy (non-hydrogen) atoms. The van der Waals surface area contributed by atoms with E-state index in [1.54, 1.807) is 0 Å². The maximum Gasteiger partial charge on any atom is 0.0814 e. The van der Waals surface area contributed by atoms with E-state index >= 15 is 0 Å². The van der Waals surface area contributed by atoms with Crippen LogP contribution in [0, 0.1) is 0 Å². The summed E-state index contributed by atoms with van der Waals surface area (Å²) in [6.45, 7) is 4.46. The van der Waals surface area contributed by atoms with Crippen molar-refractivity contribution in [2.45, 2.75) is 39.5 Å². The Hall–Kier alpha value is 0.355. The van der Waals surface area contributed by atoms with Crippen LogP contribution in [0.25, 0.3) is 0 Å². The molecule has 0 aliphatic heterocycles. The van der Waals surface area contributed by atoms with Gasteiger partial charge in [-0.15, -0.1) is 12.4 Å². The molecule has 0 aliphatic carbocycles. The second kappa shape index (κ2) is 15.7. The van der Waals surface area contributed by atoms with Crippen LogP contribution in [0.2, 0.25) is 0 Å². The average Bonchev–Trinajstić information content (AvgIpc) is 1.61. The molecule has 0 N–H and O–H groups in total. The molecular formula is C6H18BCl. The molecule has 0 rings (SSSR count). The van der Waals surface area contributed by atoms with Gasteiger partial charge < -0.3 is 0 Å². The fourth-order valence-electron chi connectivity index (χ4n) is 0.500. The van der Waals surface area contributed by atoms with Gasteiger partial charge >= 0.3 is 0 Å². The minimum Gasteiger partial charge on any atom is -0.147 e. The monoisotopic (exact) mass is 136 g/mol. The van der Waals surface area contributed by atoms with Crippen molar-refractivity contribution in [3.63, 3.8) is 0 Å². The van der Waals surface area contributed by atoms with Gasteiger partial charge in [0.15, 0.2) is 0 Å². The lowest BCUT2D eigenvalue weighted by Crippen LogP contribution is -1.66. The molecule has 0 aromatic carbocycles. The molecule has 0 bridgehead atoms. The van der Waals surface area contributed by atoms with Gasteiger partial charge in [0, 0.05) is 0 Å². The SMILES string of the molecule is B.CCCCCC.Cl. The smallest absolute Gasteiger partial charge is 0.0814 e. The lowest BCUT2D eigenvalue weighted by Gasteiger charge is -1.86. The van der Waals surface area contributed by atoms with Gasteiger partial charge in [0.05, 0.1) is 8.41 Å². The molecule has 0 spiro atoms. The third kappa shape index (κ3) is 16.2. The van der Waals surface area contributed by atoms with Crippen molar-refractivity contribution in [1.82, 2.24) is 0 Å². The summed E-state index contributed by atoms with van der Waals surface area (Å²) >= 11 is 0. The van der Waals surface area contributed by atoms with Gasteiger partial charge in [-0.2, -0.15) is 0 Å². The van der Waals surface area contributed by atoms with Crippen molar-refractivity contribution < 1.29 is 0 Å². The second-order valence-corrected chi connectivity index (χ2v) is 1.71. The van der Waals surface area contributed by atoms with Crippen LogP contribution in [-0.2, 0) is 0 Å². The van der Waals surface area contributed by atoms with Crippen LogP contribution in [0.4, 0.5) is 0 Å². The summed E-state index contributed by atoms with van der Waals surface area (Å²) < 4.78 is 0. The Balaban J connectivity index is -0.000000125. The van der Waals surface area contributed by atoms with E-state index in [4.69, 9.17) is 0 Å². The van der Waals surface area contributed by atoms with E-state index in [1.165, 1.54) is 25.7 Å². The van der Waals surface area contributed by atoms with Crippen molar-refractivity contribution >= 4 is 20.8 Å². The minimum atomic E-state index is 0. The van der Waals surface area contributed by atoms with Crippen LogP contribution in [0.5, 0.6) is 0 Å². The molecule has 0 aromatic heterocycles. The lowest BCUT2D eigenvalue weighted by atomic mass is 10.2. The summed E-state index contributed by atoms with van der Waals surface area (Å²) in [5, 5.41) is 0. The zero-order valence-electron chi connectivity index (χ0n) is 5.24. The second-order valence-electron chi connectivity index (χ2n) is 1.71. The predicted molar refractivity (Wildman–Crippen MR) is 47.0 cm³/mol. The zero-order valence-corrected chi connectivity index (χ0v) is 6.05. The first kappa shape index (κ1) is 15.8. The number of hydrogen-bond acceptors (Lipinski definition) is 0. The summed E-state index contributed by atoms with van der Waals surface area (Å²) in [6, 6.07) is 0. The van der Waals surface area contributed by atoms with Gasteiger partial charge in [0.2, 0.25) is 0 Å². The highest BCUT2D eigenvalue weighted by atomic mass is 35.5. The molecule has 52 valence electrons. The Bertz CT molecular complexity index is 20.5. The van der Waals surface area contributed by atoms with Crippen molar-refractivity contribution in [2.75, 3.05) is 0 Å². The van der Waals surface area contributed by atoms with Crippen molar-refractivity contribution in [2.24, 2.45) is 0 Å². The highest BCUT2D eigenvalue weighted by Gasteiger charge is 1.75. The maximum absolute atomic E-state index is 2.23. The van der Waals surface area contributed by atoms with Crippen molar-refractivity contribution in [1.29, 1.82) is 0 Å². The molecule has 0 aromatic rings. The fourth-order valence-corrected chi connectivity index (χ4v) is 0.500. The summed E-state index contributed by atoms with van der Waals surface area (Å²) in [6.07, 6.45) is 5.54. The van der Waals surface area contributed by atoms with E-state index in [9.17, 15) is 0 Å². The fraction of sp³-hybridized carbons (Fsp3) is 1.00. The molecule has 2 heteroatoms. The van der Waals surface area contributed by atoms with Gasteiger partial charge in [-0.1, -0.05) is 39.5 Å². The first-order valence-electron chi connectivity index (χ1n) is 2.91. The summed E-state index contributed by atoms with van der Waals surface area (Å²) in [5.74, 6) is 0. The molecule has 0 fully saturated rings. The molecule has 0 aliphatic rings. The van der Waals surface area contributed by atoms with Gasteiger partial charge in [-0.05, 0) is 0 Å². The van der Waals surface area contributed by atoms with Crippen LogP contribution >= 0.6 is 12.4 Å². The average molecular weight is 136 g/mol. The van der Waals surface area contributed by atoms with Crippen LogP contribution in [0.3, 0.4) is 0 Å². The van der Waals surface area contributed by atoms with Gasteiger partial charge in [-0.25, -0.2) is 0 Å². The summed E-state index contributed by atoms with van der Waals surface area (Å²) in [4.78, 5) is 0. The molecule has 0 saturated carbocycles. The Morgan fingerprint density at radius 2 is 1.12 bits per heavy atom. The van der Waals surface area contributed by atoms with Crippen molar-refractivity contribution in [3.05, 3.63) is 0 Å². The third-order valence-electron chi connectivity index (χ3n) is 0.957. The number of rotatable bonds is 3. The van der Waals surface area contributed by atoms with Crippen molar-refractivity contribution in [3.8, 4) is 0 Å². The maximum atomic E-state index is 2.23. The standard InChI is InChI=1S/C6H14.BH3.ClH/c1-3-5-6-4-2;;/h3-6H2,1-2H3;1H3;1H. The summed E-state index contributed by atoms with van der Waals surface area (Å²) in [7, 11) is 0. The van der Waals surface area contributed by atoms with E-state index in [0.717, 1.165) is 0 Å². The van der Waals surface area contributed by atoms with E-state index in [2.05, 4.69) is 13.8 Å². The molecule has 0 atom stereocenters. The number of unbranched alkanes of at least 4 members (excludes halogenated alkanes) is 3. The first-order chi connectivity index (χ1) is 2.91. The van der Waals surface area contributed by atoms with E-state index in [0.29, 0.717) is 0 Å². The van der Waals surface area contributed by atoms with Crippen LogP contribution in [-0.4, -0.2) is 8.41 Å². The van der Waals surface area contributed by atoms with E-state index in [-0.39, 0.29) is 20.8 Å². The predicted octanol–water partition coefficient (Wildman–Crippen LogP) is 1.82. The quantitative estimate of drug-likeness (QED) is 0.410. The molecular weight excluding hydrogens is 118 g/mol. The zero-order chi connectivity index (χ0) is 4.83. The largest absolute Gasteiger partial charge is 0.147 e. The van der Waals surface area contributed by atoms with E-state index in [1.807, 2.05) is 0 Å². The molecule has 0 unspecified atom stereocenters. The van der Waals surface area contributed by atoms with Gasteiger partial charge in [-0.3, -0.25) is 0 Å². The normalized spacial score (nSPS) is 6.75. The first-order valence-corrected chi connectivity index (χ1v) is 2.91. The Morgan fingerprint density at radius 3 is 1.25 bits per heavy atom. The Morgan fingerprint density at radius 1 is 0.875 bits per heavy atom. The van der Waals surface area contributed by atoms with Crippen LogP contribution in [0.1, 0.15) is 39.5 Å². The molecule has 0 radical (unpaired) electrons. The third-order valence-corrected chi connectivity index (χ3v) is 0.957. The van der Waals surface area contributed by atoms with Gasteiger partial charge in [0.25, 0.3) is 0 Å². The highest BCUT2D eigenvalue weighted by molar-refractivity contribution is 5.85. The van der Waals surface area contributed by atoms with E-state index < -0.39 is 0 Å². The molecule has 0 heterocycles. The Kier molecular flexibility index (Phi) is 30.9. The molecule has 0 amide bonds. The molecule has 0 nitrogen and oxygen atoms in total. The summed E-state index contributed by atoms with van der Waals surface area (Å²) in [5.41, 5.74) is 0. The lowest BCUT2D eigenvalue weighted by molar-refractivity contribution is 0.702. The topological polar surface area (TPSA) is 0 Å². The minimum absolute atomic E-state index is 0. The number of hydrogen-bond donors (Lipinski definition) is 0. The van der Waals surface area contributed by atoms with Gasteiger partial charge in [0.1, 0.15) is 0 Å².